The second-order valence-corrected chi connectivity index (χ2v) is 11.7. The van der Waals surface area contributed by atoms with Crippen LogP contribution in [0.2, 0.25) is 0 Å². The highest BCUT2D eigenvalue weighted by molar-refractivity contribution is 7.54. The smallest absolute Gasteiger partial charge is 0.342 e. The summed E-state index contributed by atoms with van der Waals surface area (Å²) in [5.74, 6) is 0.0692. The number of hydrogen-bond acceptors (Lipinski definition) is 11. The van der Waals surface area contributed by atoms with Crippen LogP contribution in [0.25, 0.3) is 11.2 Å². The van der Waals surface area contributed by atoms with Gasteiger partial charge in [-0.05, 0) is 48.5 Å². The van der Waals surface area contributed by atoms with Gasteiger partial charge in [0.25, 0.3) is 0 Å². The Kier molecular flexibility index (Phi) is 8.64. The maximum absolute atomic E-state index is 13.7. The number of aliphatic hydroxyl groups is 2. The largest absolute Gasteiger partial charge is 0.479 e. The third kappa shape index (κ3) is 6.11. The van der Waals surface area contributed by atoms with Crippen molar-refractivity contribution in [1.29, 1.82) is 0 Å². The van der Waals surface area contributed by atoms with Crippen molar-refractivity contribution in [1.82, 2.24) is 29.7 Å². The average molecular weight is 545 g/mol. The number of nitrogens with one attached hydrogen (secondary N) is 2. The molecule has 3 rings (SSSR count). The van der Waals surface area contributed by atoms with Crippen molar-refractivity contribution in [2.24, 2.45) is 0 Å². The highest BCUT2D eigenvalue weighted by atomic mass is 31.2. The Morgan fingerprint density at radius 3 is 2.65 bits per heavy atom. The van der Waals surface area contributed by atoms with Gasteiger partial charge in [0.15, 0.2) is 17.4 Å². The van der Waals surface area contributed by atoms with Gasteiger partial charge in [-0.15, -0.1) is 0 Å². The first kappa shape index (κ1) is 29.4. The number of fused-ring (bicyclic) bond motifs is 1. The number of carbonyl (C=O) groups excluding carboxylic acids is 1. The summed E-state index contributed by atoms with van der Waals surface area (Å²) in [6.07, 6.45) is -2.21. The van der Waals surface area contributed by atoms with Crippen molar-refractivity contribution in [3.05, 3.63) is 12.2 Å². The number of ether oxygens (including phenoxy) is 3. The highest BCUT2D eigenvalue weighted by Crippen LogP contribution is 2.45. The van der Waals surface area contributed by atoms with Gasteiger partial charge in [-0.3, -0.25) is 13.9 Å². The minimum absolute atomic E-state index is 0.157. The molecule has 1 fully saturated rings. The van der Waals surface area contributed by atoms with E-state index in [0.29, 0.717) is 17.0 Å². The molecule has 1 aliphatic rings. The molecule has 14 nitrogen and oxygen atoms in total. The van der Waals surface area contributed by atoms with E-state index >= 15 is 0 Å². The quantitative estimate of drug-likeness (QED) is 0.234. The molecular formula is C22H37N6O8P. The number of aryl methyl sites for hydroxylation is 1. The molecule has 0 saturated carbocycles. The fraction of sp³-hybridized carbons (Fsp3) is 0.727. The van der Waals surface area contributed by atoms with Crippen LogP contribution in [0.5, 0.6) is 5.88 Å². The van der Waals surface area contributed by atoms with Crippen molar-refractivity contribution in [3.63, 3.8) is 0 Å². The number of aliphatic hydroxyl groups excluding tert-OH is 1. The Bertz CT molecular complexity index is 1170. The lowest BCUT2D eigenvalue weighted by atomic mass is 9.96. The number of esters is 1. The molecule has 4 N–H and O–H groups in total. The minimum atomic E-state index is -3.86. The van der Waals surface area contributed by atoms with Crippen LogP contribution in [0.3, 0.4) is 0 Å². The van der Waals surface area contributed by atoms with Crippen LogP contribution in [0.15, 0.2) is 6.33 Å². The van der Waals surface area contributed by atoms with Crippen molar-refractivity contribution < 1.29 is 38.3 Å². The zero-order valence-electron chi connectivity index (χ0n) is 22.4. The lowest BCUT2D eigenvalue weighted by molar-refractivity contribution is -0.149. The summed E-state index contributed by atoms with van der Waals surface area (Å²) in [5, 5.41) is 27.7. The van der Waals surface area contributed by atoms with Crippen LogP contribution in [-0.4, -0.2) is 85.4 Å². The number of methoxy groups -OCH3 is 1. The number of carbonyl (C=O) groups is 1. The number of hydrogen-bond donors (Lipinski definition) is 4. The van der Waals surface area contributed by atoms with Gasteiger partial charge in [-0.1, -0.05) is 0 Å². The molecule has 1 aliphatic heterocycles. The average Bonchev–Trinajstić information content (AvgIpc) is 3.29. The predicted molar refractivity (Wildman–Crippen MR) is 133 cm³/mol. The van der Waals surface area contributed by atoms with Gasteiger partial charge in [-0.2, -0.15) is 4.98 Å². The van der Waals surface area contributed by atoms with Crippen LogP contribution in [-0.2, 0) is 23.4 Å². The normalized spacial score (nSPS) is 26.0. The number of imidazole rings is 1. The van der Waals surface area contributed by atoms with Crippen LogP contribution in [0, 0.1) is 6.92 Å². The molecule has 15 heteroatoms. The maximum atomic E-state index is 13.7. The first-order valence-electron chi connectivity index (χ1n) is 11.9. The van der Waals surface area contributed by atoms with Gasteiger partial charge in [0.1, 0.15) is 29.2 Å². The Morgan fingerprint density at radius 2 is 2.05 bits per heavy atom. The monoisotopic (exact) mass is 544 g/mol. The van der Waals surface area contributed by atoms with Crippen LogP contribution >= 0.6 is 7.67 Å². The molecule has 0 bridgehead atoms. The third-order valence-corrected chi connectivity index (χ3v) is 7.99. The third-order valence-electron chi connectivity index (χ3n) is 5.76. The van der Waals surface area contributed by atoms with Crippen molar-refractivity contribution >= 4 is 24.8 Å². The summed E-state index contributed by atoms with van der Waals surface area (Å²) in [5.41, 5.74) is -2.44. The van der Waals surface area contributed by atoms with Gasteiger partial charge >= 0.3 is 13.6 Å². The SMILES string of the molecule is CCOC(=O)C(C)(C)NP(=O)(NC(C)C)OC[C@H]1O[C@@H](n2cnc3c(OC)nc(C)nc32)[C@@](C)(O)C1O. The summed E-state index contributed by atoms with van der Waals surface area (Å²) < 4.78 is 37.2. The molecule has 1 saturated heterocycles. The van der Waals surface area contributed by atoms with Crippen LogP contribution in [0.1, 0.15) is 53.6 Å². The topological polar surface area (TPSA) is 179 Å². The highest BCUT2D eigenvalue weighted by Gasteiger charge is 2.54. The molecule has 0 radical (unpaired) electrons. The van der Waals surface area contributed by atoms with Crippen molar-refractivity contribution in [2.45, 2.75) is 84.1 Å². The van der Waals surface area contributed by atoms with Gasteiger partial charge in [-0.25, -0.2) is 20.1 Å². The fourth-order valence-electron chi connectivity index (χ4n) is 4.03. The second kappa shape index (κ2) is 10.9. The van der Waals surface area contributed by atoms with Gasteiger partial charge < -0.3 is 28.9 Å². The van der Waals surface area contributed by atoms with E-state index < -0.39 is 43.2 Å². The number of aromatic nitrogens is 4. The standard InChI is InChI=1S/C22H37N6O8P/c1-9-34-20(30)21(5,6)27-37(32,26-12(2)3)35-10-14-16(29)22(7,31)19(36-14)28-11-23-15-17(28)24-13(4)25-18(15)33-8/h11-12,14,16,19,29,31H,9-10H2,1-8H3,(H2,26,27,32)/t14-,16?,19-,22+,37?/m1/s1. The van der Waals surface area contributed by atoms with E-state index in [0.717, 1.165) is 0 Å². The van der Waals surface area contributed by atoms with E-state index in [-0.39, 0.29) is 25.1 Å². The molecule has 37 heavy (non-hydrogen) atoms. The van der Waals surface area contributed by atoms with Gasteiger partial charge in [0.2, 0.25) is 5.88 Å². The maximum Gasteiger partial charge on any atom is 0.342 e. The zero-order valence-corrected chi connectivity index (χ0v) is 23.3. The number of rotatable bonds is 11. The molecule has 3 heterocycles. The van der Waals surface area contributed by atoms with Crippen molar-refractivity contribution in [3.8, 4) is 5.88 Å². The molecule has 2 aromatic rings. The molecule has 0 spiro atoms. The first-order valence-corrected chi connectivity index (χ1v) is 13.6. The van der Waals surface area contributed by atoms with Crippen LogP contribution in [0.4, 0.5) is 0 Å². The predicted octanol–water partition coefficient (Wildman–Crippen LogP) is 1.21. The van der Waals surface area contributed by atoms with E-state index in [9.17, 15) is 19.6 Å². The molecule has 2 unspecified atom stereocenters. The van der Waals surface area contributed by atoms with E-state index in [1.165, 1.54) is 38.8 Å². The number of nitrogens with zero attached hydrogens (tertiary/aromatic N) is 4. The van der Waals surface area contributed by atoms with E-state index in [4.69, 9.17) is 18.7 Å². The summed E-state index contributed by atoms with van der Waals surface area (Å²) in [4.78, 5) is 25.2. The van der Waals surface area contributed by atoms with E-state index in [2.05, 4.69) is 25.1 Å². The Labute approximate surface area is 215 Å². The minimum Gasteiger partial charge on any atom is -0.479 e. The molecule has 0 aromatic carbocycles. The van der Waals surface area contributed by atoms with Crippen molar-refractivity contribution in [2.75, 3.05) is 20.3 Å². The Hall–Kier alpha value is -2.19. The lowest BCUT2D eigenvalue weighted by Gasteiger charge is -2.31. The molecular weight excluding hydrogens is 507 g/mol. The molecule has 5 atom stereocenters. The zero-order chi connectivity index (χ0) is 27.8. The summed E-state index contributed by atoms with van der Waals surface area (Å²) in [6.45, 7) is 11.1. The van der Waals surface area contributed by atoms with Gasteiger partial charge in [0, 0.05) is 6.04 Å². The molecule has 208 valence electrons. The Morgan fingerprint density at radius 1 is 1.38 bits per heavy atom. The molecule has 2 aromatic heterocycles. The summed E-state index contributed by atoms with van der Waals surface area (Å²) in [6, 6.07) is -0.281. The lowest BCUT2D eigenvalue weighted by Crippen LogP contribution is -2.49. The summed E-state index contributed by atoms with van der Waals surface area (Å²) in [7, 11) is -2.40. The van der Waals surface area contributed by atoms with Crippen LogP contribution < -0.4 is 14.9 Å². The second-order valence-electron chi connectivity index (χ2n) is 9.89. The molecule has 0 aliphatic carbocycles. The van der Waals surface area contributed by atoms with E-state index in [1.54, 1.807) is 27.7 Å². The molecule has 0 amide bonds. The summed E-state index contributed by atoms with van der Waals surface area (Å²) >= 11 is 0. The van der Waals surface area contributed by atoms with Gasteiger partial charge in [0.05, 0.1) is 26.7 Å². The fourth-order valence-corrected chi connectivity index (χ4v) is 6.10. The van der Waals surface area contributed by atoms with E-state index in [1.807, 2.05) is 0 Å². The Balaban J connectivity index is 1.84. The first-order chi connectivity index (χ1) is 17.1.